The molecule has 0 bridgehead atoms. The number of carbonyl (C=O) groups excluding carboxylic acids is 2. The maximum absolute atomic E-state index is 12.3. The third-order valence-electron chi connectivity index (χ3n) is 4.55. The molecule has 26 heavy (non-hydrogen) atoms. The number of esters is 1. The maximum atomic E-state index is 12.3. The molecule has 0 saturated carbocycles. The fraction of sp³-hybridized carbons (Fsp3) is 0.684. The molecule has 0 aromatic carbocycles. The summed E-state index contributed by atoms with van der Waals surface area (Å²) in [4.78, 5) is 28.1. The molecule has 2 atom stereocenters. The zero-order valence-electron chi connectivity index (χ0n) is 16.8. The molecule has 0 spiro atoms. The summed E-state index contributed by atoms with van der Waals surface area (Å²) in [6, 6.07) is 1.90. The van der Waals surface area contributed by atoms with Crippen LogP contribution in [0.5, 0.6) is 0 Å². The SMILES string of the molecule is COC(=O)c1oc(C(C)N2CCN(C(=O)OC(C)(C)C)C(C)C2)cc1C. The second kappa shape index (κ2) is 7.70. The number of carbonyl (C=O) groups is 2. The van der Waals surface area contributed by atoms with E-state index in [-0.39, 0.29) is 23.9 Å². The smallest absolute Gasteiger partial charge is 0.410 e. The number of nitrogens with zero attached hydrogens (tertiary/aromatic N) is 2. The van der Waals surface area contributed by atoms with Gasteiger partial charge in [0.25, 0.3) is 0 Å². The van der Waals surface area contributed by atoms with Crippen molar-refractivity contribution in [3.05, 3.63) is 23.2 Å². The van der Waals surface area contributed by atoms with Gasteiger partial charge in [-0.15, -0.1) is 0 Å². The van der Waals surface area contributed by atoms with E-state index in [9.17, 15) is 9.59 Å². The molecule has 0 N–H and O–H groups in total. The Morgan fingerprint density at radius 3 is 2.50 bits per heavy atom. The van der Waals surface area contributed by atoms with Crippen LogP contribution in [0.3, 0.4) is 0 Å². The standard InChI is InChI=1S/C19H30N2O5/c1-12-10-15(25-16(12)17(22)24-7)14(3)20-8-9-21(13(2)11-20)18(23)26-19(4,5)6/h10,13-14H,8-9,11H2,1-7H3. The zero-order valence-corrected chi connectivity index (χ0v) is 16.8. The summed E-state index contributed by atoms with van der Waals surface area (Å²) >= 11 is 0. The summed E-state index contributed by atoms with van der Waals surface area (Å²) in [5.74, 6) is 0.500. The first-order chi connectivity index (χ1) is 12.0. The molecule has 1 amide bonds. The number of methoxy groups -OCH3 is 1. The van der Waals surface area contributed by atoms with Crippen molar-refractivity contribution >= 4 is 12.1 Å². The fourth-order valence-corrected chi connectivity index (χ4v) is 3.12. The molecule has 1 aliphatic heterocycles. The van der Waals surface area contributed by atoms with Crippen LogP contribution in [-0.4, -0.2) is 60.2 Å². The van der Waals surface area contributed by atoms with Crippen molar-refractivity contribution in [1.82, 2.24) is 9.80 Å². The Morgan fingerprint density at radius 1 is 1.31 bits per heavy atom. The molecule has 7 nitrogen and oxygen atoms in total. The van der Waals surface area contributed by atoms with Crippen LogP contribution >= 0.6 is 0 Å². The first kappa shape index (κ1) is 20.3. The van der Waals surface area contributed by atoms with Crippen molar-refractivity contribution in [2.45, 2.75) is 59.2 Å². The van der Waals surface area contributed by atoms with E-state index in [1.165, 1.54) is 7.11 Å². The fourth-order valence-electron chi connectivity index (χ4n) is 3.12. The monoisotopic (exact) mass is 366 g/mol. The number of aryl methyl sites for hydroxylation is 1. The molecule has 1 fully saturated rings. The van der Waals surface area contributed by atoms with E-state index in [1.54, 1.807) is 4.90 Å². The Hall–Kier alpha value is -2.02. The van der Waals surface area contributed by atoms with E-state index >= 15 is 0 Å². The van der Waals surface area contributed by atoms with Crippen molar-refractivity contribution in [1.29, 1.82) is 0 Å². The maximum Gasteiger partial charge on any atom is 0.410 e. The Balaban J connectivity index is 2.04. The Bertz CT molecular complexity index is 661. The van der Waals surface area contributed by atoms with Crippen LogP contribution in [0.15, 0.2) is 10.5 Å². The lowest BCUT2D eigenvalue weighted by Crippen LogP contribution is -2.55. The molecule has 2 heterocycles. The van der Waals surface area contributed by atoms with Gasteiger partial charge in [0.05, 0.1) is 13.2 Å². The van der Waals surface area contributed by atoms with E-state index < -0.39 is 11.6 Å². The summed E-state index contributed by atoms with van der Waals surface area (Å²) in [6.07, 6.45) is -0.279. The Morgan fingerprint density at radius 2 is 1.96 bits per heavy atom. The normalized spacial score (nSPS) is 20.0. The second-order valence-corrected chi connectivity index (χ2v) is 7.85. The summed E-state index contributed by atoms with van der Waals surface area (Å²) in [5.41, 5.74) is 0.260. The lowest BCUT2D eigenvalue weighted by atomic mass is 10.1. The second-order valence-electron chi connectivity index (χ2n) is 7.85. The van der Waals surface area contributed by atoms with Gasteiger partial charge in [-0.25, -0.2) is 9.59 Å². The molecule has 2 unspecified atom stereocenters. The van der Waals surface area contributed by atoms with Crippen molar-refractivity contribution in [3.8, 4) is 0 Å². The minimum absolute atomic E-state index is 0.00431. The third-order valence-corrected chi connectivity index (χ3v) is 4.55. The van der Waals surface area contributed by atoms with Gasteiger partial charge < -0.3 is 18.8 Å². The largest absolute Gasteiger partial charge is 0.463 e. The van der Waals surface area contributed by atoms with Gasteiger partial charge in [0.15, 0.2) is 0 Å². The molecule has 2 rings (SSSR count). The highest BCUT2D eigenvalue weighted by atomic mass is 16.6. The lowest BCUT2D eigenvalue weighted by molar-refractivity contribution is -0.00487. The number of furan rings is 1. The van der Waals surface area contributed by atoms with Gasteiger partial charge in [-0.2, -0.15) is 0 Å². The molecule has 0 radical (unpaired) electrons. The van der Waals surface area contributed by atoms with E-state index in [1.807, 2.05) is 47.6 Å². The van der Waals surface area contributed by atoms with E-state index in [0.29, 0.717) is 19.6 Å². The topological polar surface area (TPSA) is 72.2 Å². The third kappa shape index (κ3) is 4.58. The van der Waals surface area contributed by atoms with Crippen LogP contribution in [0.4, 0.5) is 4.79 Å². The van der Waals surface area contributed by atoms with Gasteiger partial charge in [-0.05, 0) is 47.6 Å². The van der Waals surface area contributed by atoms with Crippen LogP contribution in [0.1, 0.15) is 62.5 Å². The zero-order chi connectivity index (χ0) is 19.6. The number of ether oxygens (including phenoxy) is 2. The van der Waals surface area contributed by atoms with Crippen molar-refractivity contribution < 1.29 is 23.5 Å². The van der Waals surface area contributed by atoms with E-state index in [4.69, 9.17) is 13.9 Å². The molecule has 146 valence electrons. The number of hydrogen-bond donors (Lipinski definition) is 0. The molecule has 1 aromatic heterocycles. The highest BCUT2D eigenvalue weighted by Crippen LogP contribution is 2.28. The van der Waals surface area contributed by atoms with Crippen LogP contribution in [0.25, 0.3) is 0 Å². The van der Waals surface area contributed by atoms with Gasteiger partial charge in [0, 0.05) is 31.2 Å². The Kier molecular flexibility index (Phi) is 6.01. The van der Waals surface area contributed by atoms with Crippen LogP contribution < -0.4 is 0 Å². The predicted molar refractivity (Wildman–Crippen MR) is 97.2 cm³/mol. The predicted octanol–water partition coefficient (Wildman–Crippen LogP) is 3.38. The minimum atomic E-state index is -0.503. The molecule has 1 saturated heterocycles. The van der Waals surface area contributed by atoms with Crippen LogP contribution in [0, 0.1) is 6.92 Å². The van der Waals surface area contributed by atoms with Crippen molar-refractivity contribution in [2.75, 3.05) is 26.7 Å². The summed E-state index contributed by atoms with van der Waals surface area (Å²) in [5, 5.41) is 0. The van der Waals surface area contributed by atoms with Crippen LogP contribution in [-0.2, 0) is 9.47 Å². The minimum Gasteiger partial charge on any atom is -0.463 e. The highest BCUT2D eigenvalue weighted by Gasteiger charge is 2.33. The van der Waals surface area contributed by atoms with Gasteiger partial charge in [-0.3, -0.25) is 4.90 Å². The first-order valence-corrected chi connectivity index (χ1v) is 8.95. The van der Waals surface area contributed by atoms with Gasteiger partial charge in [-0.1, -0.05) is 0 Å². The molecule has 7 heteroatoms. The van der Waals surface area contributed by atoms with Gasteiger partial charge in [0.1, 0.15) is 11.4 Å². The molecular weight excluding hydrogens is 336 g/mol. The number of rotatable bonds is 3. The first-order valence-electron chi connectivity index (χ1n) is 8.95. The lowest BCUT2D eigenvalue weighted by Gasteiger charge is -2.42. The number of hydrogen-bond acceptors (Lipinski definition) is 6. The van der Waals surface area contributed by atoms with Crippen molar-refractivity contribution in [2.24, 2.45) is 0 Å². The summed E-state index contributed by atoms with van der Waals surface area (Å²) in [6.45, 7) is 13.5. The average Bonchev–Trinajstić information content (AvgIpc) is 2.93. The molecule has 1 aromatic rings. The summed E-state index contributed by atoms with van der Waals surface area (Å²) in [7, 11) is 1.34. The quantitative estimate of drug-likeness (QED) is 0.764. The Labute approximate surface area is 155 Å². The van der Waals surface area contributed by atoms with Gasteiger partial charge in [0.2, 0.25) is 5.76 Å². The number of piperazine rings is 1. The van der Waals surface area contributed by atoms with E-state index in [2.05, 4.69) is 4.90 Å². The van der Waals surface area contributed by atoms with Crippen LogP contribution in [0.2, 0.25) is 0 Å². The van der Waals surface area contributed by atoms with E-state index in [0.717, 1.165) is 11.3 Å². The molecular formula is C19H30N2O5. The molecule has 1 aliphatic rings. The average molecular weight is 366 g/mol. The highest BCUT2D eigenvalue weighted by molar-refractivity contribution is 5.87. The molecule has 0 aliphatic carbocycles. The summed E-state index contributed by atoms with van der Waals surface area (Å²) < 4.78 is 16.0. The van der Waals surface area contributed by atoms with Crippen molar-refractivity contribution in [3.63, 3.8) is 0 Å². The van der Waals surface area contributed by atoms with Gasteiger partial charge >= 0.3 is 12.1 Å². The number of amides is 1.